The molecule has 35 heavy (non-hydrogen) atoms. The summed E-state index contributed by atoms with van der Waals surface area (Å²) in [6.45, 7) is 2.27. The highest BCUT2D eigenvalue weighted by Crippen LogP contribution is 2.42. The van der Waals surface area contributed by atoms with E-state index >= 15 is 0 Å². The van der Waals surface area contributed by atoms with Crippen molar-refractivity contribution in [2.45, 2.75) is 31.9 Å². The van der Waals surface area contributed by atoms with Crippen molar-refractivity contribution in [2.24, 2.45) is 0 Å². The number of carbonyl (C=O) groups excluding carboxylic acids is 2. The van der Waals surface area contributed by atoms with E-state index in [2.05, 4.69) is 0 Å². The summed E-state index contributed by atoms with van der Waals surface area (Å²) in [5, 5.41) is 12.0. The molecule has 2 aliphatic rings. The Hall–Kier alpha value is -3.28. The number of amides is 1. The van der Waals surface area contributed by atoms with E-state index in [0.29, 0.717) is 40.6 Å². The molecule has 2 atom stereocenters. The molecule has 0 unspecified atom stereocenters. The summed E-state index contributed by atoms with van der Waals surface area (Å²) in [4.78, 5) is 28.0. The van der Waals surface area contributed by atoms with Crippen LogP contribution in [0.4, 0.5) is 0 Å². The maximum atomic E-state index is 13.3. The lowest BCUT2D eigenvalue weighted by Crippen LogP contribution is -2.31. The Balaban J connectivity index is 1.59. The molecule has 2 heterocycles. The van der Waals surface area contributed by atoms with E-state index in [4.69, 9.17) is 27.9 Å². The lowest BCUT2D eigenvalue weighted by Gasteiger charge is -2.25. The fraction of sp³-hybridized carbons (Fsp3) is 0.214. The third kappa shape index (κ3) is 4.42. The highest BCUT2D eigenvalue weighted by molar-refractivity contribution is 6.46. The van der Waals surface area contributed by atoms with Crippen molar-refractivity contribution in [3.05, 3.63) is 105 Å². The van der Waals surface area contributed by atoms with Gasteiger partial charge in [0.1, 0.15) is 17.6 Å². The fourth-order valence-corrected chi connectivity index (χ4v) is 5.07. The Labute approximate surface area is 213 Å². The number of carbonyl (C=O) groups is 2. The van der Waals surface area contributed by atoms with Gasteiger partial charge in [0.25, 0.3) is 11.7 Å². The van der Waals surface area contributed by atoms with Crippen LogP contribution >= 0.6 is 23.2 Å². The third-order valence-corrected chi connectivity index (χ3v) is 7.19. The van der Waals surface area contributed by atoms with Crippen LogP contribution in [0.3, 0.4) is 0 Å². The number of benzene rings is 3. The van der Waals surface area contributed by atoms with Crippen molar-refractivity contribution in [3.8, 4) is 5.75 Å². The summed E-state index contributed by atoms with van der Waals surface area (Å²) in [5.74, 6) is -0.837. The average molecular weight is 508 g/mol. The second kappa shape index (κ2) is 9.40. The van der Waals surface area contributed by atoms with E-state index in [1.807, 2.05) is 43.3 Å². The summed E-state index contributed by atoms with van der Waals surface area (Å²) in [5.41, 5.74) is 3.09. The maximum absolute atomic E-state index is 13.3. The first kappa shape index (κ1) is 23.5. The molecule has 1 saturated heterocycles. The van der Waals surface area contributed by atoms with Crippen LogP contribution in [0.2, 0.25) is 10.0 Å². The SMILES string of the molecule is C[C@@H]1Cc2cc(C(O)=C3C(=O)C(=O)N(CCc4ccccc4)[C@@H]3c3ccc(Cl)c(Cl)c3)ccc2O1. The molecule has 1 N–H and O–H groups in total. The van der Waals surface area contributed by atoms with Gasteiger partial charge in [-0.25, -0.2) is 0 Å². The monoisotopic (exact) mass is 507 g/mol. The van der Waals surface area contributed by atoms with E-state index in [1.54, 1.807) is 30.3 Å². The number of aliphatic hydroxyl groups excluding tert-OH is 1. The van der Waals surface area contributed by atoms with Gasteiger partial charge in [0.15, 0.2) is 0 Å². The molecule has 1 fully saturated rings. The van der Waals surface area contributed by atoms with Crippen molar-refractivity contribution in [3.63, 3.8) is 0 Å². The predicted octanol–water partition coefficient (Wildman–Crippen LogP) is 5.98. The minimum atomic E-state index is -0.795. The summed E-state index contributed by atoms with van der Waals surface area (Å²) in [6.07, 6.45) is 1.31. The number of ketones is 1. The first-order chi connectivity index (χ1) is 16.8. The zero-order valence-corrected chi connectivity index (χ0v) is 20.5. The minimum Gasteiger partial charge on any atom is -0.507 e. The molecule has 0 radical (unpaired) electrons. The number of ether oxygens (including phenoxy) is 1. The summed E-state index contributed by atoms with van der Waals surface area (Å²) in [6, 6.07) is 19.2. The van der Waals surface area contributed by atoms with E-state index < -0.39 is 17.7 Å². The number of Topliss-reactive ketones (excluding diaryl/α,β-unsaturated/α-hetero) is 1. The highest BCUT2D eigenvalue weighted by Gasteiger charge is 2.46. The van der Waals surface area contributed by atoms with Gasteiger partial charge in [-0.2, -0.15) is 0 Å². The lowest BCUT2D eigenvalue weighted by atomic mass is 9.94. The van der Waals surface area contributed by atoms with Gasteiger partial charge < -0.3 is 14.7 Å². The van der Waals surface area contributed by atoms with Gasteiger partial charge in [-0.05, 0) is 60.4 Å². The van der Waals surface area contributed by atoms with E-state index in [-0.39, 0.29) is 17.4 Å². The predicted molar refractivity (Wildman–Crippen MR) is 136 cm³/mol. The van der Waals surface area contributed by atoms with Crippen molar-refractivity contribution < 1.29 is 19.4 Å². The van der Waals surface area contributed by atoms with Crippen LogP contribution in [0, 0.1) is 0 Å². The standard InChI is InChI=1S/C28H23Cl2NO4/c1-16-13-20-14-19(8-10-23(20)35-16)26(32)24-25(18-7-9-21(29)22(30)15-18)31(28(34)27(24)33)12-11-17-5-3-2-4-6-17/h2-10,14-16,25,32H,11-13H2,1H3/t16-,25-/m1/s1. The topological polar surface area (TPSA) is 66.8 Å². The largest absolute Gasteiger partial charge is 0.507 e. The van der Waals surface area contributed by atoms with Crippen LogP contribution in [0.25, 0.3) is 5.76 Å². The van der Waals surface area contributed by atoms with Crippen LogP contribution in [0.1, 0.15) is 35.2 Å². The number of rotatable bonds is 5. The van der Waals surface area contributed by atoms with E-state index in [1.165, 1.54) is 4.90 Å². The molecule has 0 aliphatic carbocycles. The molecule has 3 aromatic carbocycles. The minimum absolute atomic E-state index is 0.0355. The zero-order valence-electron chi connectivity index (χ0n) is 19.0. The van der Waals surface area contributed by atoms with Gasteiger partial charge in [-0.15, -0.1) is 0 Å². The van der Waals surface area contributed by atoms with Crippen LogP contribution in [0.5, 0.6) is 5.75 Å². The second-order valence-electron chi connectivity index (χ2n) is 8.86. The van der Waals surface area contributed by atoms with Crippen molar-refractivity contribution in [1.82, 2.24) is 4.90 Å². The van der Waals surface area contributed by atoms with Gasteiger partial charge in [0.2, 0.25) is 0 Å². The quantitative estimate of drug-likeness (QED) is 0.262. The lowest BCUT2D eigenvalue weighted by molar-refractivity contribution is -0.139. The second-order valence-corrected chi connectivity index (χ2v) is 9.67. The molecule has 0 bridgehead atoms. The van der Waals surface area contributed by atoms with E-state index in [9.17, 15) is 14.7 Å². The first-order valence-corrected chi connectivity index (χ1v) is 12.2. The van der Waals surface area contributed by atoms with Crippen molar-refractivity contribution in [1.29, 1.82) is 0 Å². The normalized spacial score (nSPS) is 20.7. The Morgan fingerprint density at radius 3 is 2.54 bits per heavy atom. The molecule has 7 heteroatoms. The third-order valence-electron chi connectivity index (χ3n) is 6.45. The molecule has 5 nitrogen and oxygen atoms in total. The van der Waals surface area contributed by atoms with Crippen LogP contribution < -0.4 is 4.74 Å². The van der Waals surface area contributed by atoms with Gasteiger partial charge >= 0.3 is 0 Å². The molecule has 0 aromatic heterocycles. The van der Waals surface area contributed by atoms with Crippen LogP contribution in [-0.4, -0.2) is 34.3 Å². The van der Waals surface area contributed by atoms with E-state index in [0.717, 1.165) is 16.9 Å². The molecule has 0 saturated carbocycles. The Morgan fingerprint density at radius 2 is 1.80 bits per heavy atom. The average Bonchev–Trinajstić information content (AvgIpc) is 3.35. The molecule has 5 rings (SSSR count). The smallest absolute Gasteiger partial charge is 0.295 e. The van der Waals surface area contributed by atoms with Gasteiger partial charge in [0.05, 0.1) is 21.7 Å². The molecular weight excluding hydrogens is 485 g/mol. The Bertz CT molecular complexity index is 1350. The van der Waals surface area contributed by atoms with Crippen molar-refractivity contribution >= 4 is 40.7 Å². The van der Waals surface area contributed by atoms with Gasteiger partial charge in [0, 0.05) is 18.5 Å². The van der Waals surface area contributed by atoms with Crippen molar-refractivity contribution in [2.75, 3.05) is 6.54 Å². The number of nitrogens with zero attached hydrogens (tertiary/aromatic N) is 1. The number of fused-ring (bicyclic) bond motifs is 1. The fourth-order valence-electron chi connectivity index (χ4n) is 4.76. The van der Waals surface area contributed by atoms with Gasteiger partial charge in [-0.1, -0.05) is 59.6 Å². The molecule has 178 valence electrons. The molecule has 3 aromatic rings. The summed E-state index contributed by atoms with van der Waals surface area (Å²) >= 11 is 12.4. The van der Waals surface area contributed by atoms with Crippen LogP contribution in [-0.2, 0) is 22.4 Å². The van der Waals surface area contributed by atoms with Gasteiger partial charge in [-0.3, -0.25) is 9.59 Å². The molecule has 1 amide bonds. The number of aliphatic hydroxyl groups is 1. The Kier molecular flexibility index (Phi) is 6.30. The summed E-state index contributed by atoms with van der Waals surface area (Å²) < 4.78 is 5.76. The maximum Gasteiger partial charge on any atom is 0.295 e. The number of likely N-dealkylation sites (tertiary alicyclic amines) is 1. The highest BCUT2D eigenvalue weighted by atomic mass is 35.5. The Morgan fingerprint density at radius 1 is 1.03 bits per heavy atom. The summed E-state index contributed by atoms with van der Waals surface area (Å²) in [7, 11) is 0. The number of halogens is 2. The molecular formula is C28H23Cl2NO4. The zero-order chi connectivity index (χ0) is 24.7. The molecule has 2 aliphatic heterocycles. The van der Waals surface area contributed by atoms with Crippen LogP contribution in [0.15, 0.2) is 72.3 Å². The first-order valence-electron chi connectivity index (χ1n) is 11.4. The molecule has 0 spiro atoms. The number of hydrogen-bond acceptors (Lipinski definition) is 4. The number of hydrogen-bond donors (Lipinski definition) is 1.